The van der Waals surface area contributed by atoms with Gasteiger partial charge in [-0.05, 0) is 61.6 Å². The minimum Gasteiger partial charge on any atom is -0.381 e. The molecular formula is C32H38N4O4S. The summed E-state index contributed by atoms with van der Waals surface area (Å²) < 4.78 is -0.0417. The predicted octanol–water partition coefficient (Wildman–Crippen LogP) is 3.74. The normalized spacial score (nSPS) is 15.4. The van der Waals surface area contributed by atoms with E-state index >= 15 is 0 Å². The largest absolute Gasteiger partial charge is 0.381 e. The van der Waals surface area contributed by atoms with Gasteiger partial charge >= 0.3 is 0 Å². The molecule has 0 radical (unpaired) electrons. The second-order valence-corrected chi connectivity index (χ2v) is 12.0. The molecule has 9 heteroatoms. The first-order valence-electron chi connectivity index (χ1n) is 13.4. The van der Waals surface area contributed by atoms with Crippen molar-refractivity contribution in [3.63, 3.8) is 0 Å². The number of hydrogen-bond donors (Lipinski definition) is 3. The first kappa shape index (κ1) is 31.6. The lowest BCUT2D eigenvalue weighted by molar-refractivity contribution is -0.141. The first-order valence-corrected chi connectivity index (χ1v) is 14.4. The molecule has 0 aliphatic carbocycles. The number of amides is 3. The van der Waals surface area contributed by atoms with Crippen molar-refractivity contribution in [3.8, 4) is 0 Å². The van der Waals surface area contributed by atoms with Crippen molar-refractivity contribution < 1.29 is 19.5 Å². The van der Waals surface area contributed by atoms with E-state index in [4.69, 9.17) is 0 Å². The van der Waals surface area contributed by atoms with Crippen LogP contribution in [-0.2, 0) is 27.3 Å². The highest BCUT2D eigenvalue weighted by atomic mass is 32.2. The average molecular weight is 575 g/mol. The second kappa shape index (κ2) is 15.7. The van der Waals surface area contributed by atoms with Crippen LogP contribution in [0.2, 0.25) is 0 Å². The zero-order chi connectivity index (χ0) is 29.7. The van der Waals surface area contributed by atoms with Crippen molar-refractivity contribution in [2.45, 2.75) is 50.6 Å². The van der Waals surface area contributed by atoms with E-state index < -0.39 is 12.1 Å². The monoisotopic (exact) mass is 574 g/mol. The fourth-order valence-electron chi connectivity index (χ4n) is 4.25. The van der Waals surface area contributed by atoms with Crippen LogP contribution in [-0.4, -0.2) is 62.5 Å². The van der Waals surface area contributed by atoms with Gasteiger partial charge in [0, 0.05) is 36.3 Å². The number of thioether (sulfide) groups is 1. The molecule has 3 amide bonds. The van der Waals surface area contributed by atoms with Crippen LogP contribution in [0.15, 0.2) is 85.2 Å². The van der Waals surface area contributed by atoms with E-state index in [1.54, 1.807) is 41.2 Å². The van der Waals surface area contributed by atoms with Crippen molar-refractivity contribution in [2.75, 3.05) is 12.4 Å². The van der Waals surface area contributed by atoms with Gasteiger partial charge in [-0.15, -0.1) is 11.8 Å². The molecule has 1 aliphatic rings. The molecule has 2 atom stereocenters. The third-order valence-electron chi connectivity index (χ3n) is 6.50. The maximum atomic E-state index is 12.9. The van der Waals surface area contributed by atoms with E-state index in [2.05, 4.69) is 29.5 Å². The third-order valence-corrected chi connectivity index (χ3v) is 7.85. The molecule has 1 fully saturated rings. The highest BCUT2D eigenvalue weighted by Crippen LogP contribution is 2.33. The molecule has 3 N–H and O–H groups in total. The maximum Gasteiger partial charge on any atom is 0.254 e. The van der Waals surface area contributed by atoms with Crippen LogP contribution in [0.4, 0.5) is 0 Å². The van der Waals surface area contributed by atoms with Gasteiger partial charge in [0.05, 0.1) is 11.9 Å². The summed E-state index contributed by atoms with van der Waals surface area (Å²) in [4.78, 5) is 41.1. The van der Waals surface area contributed by atoms with Gasteiger partial charge in [-0.3, -0.25) is 19.4 Å². The Morgan fingerprint density at radius 2 is 1.83 bits per heavy atom. The molecular weight excluding hydrogens is 536 g/mol. The van der Waals surface area contributed by atoms with Crippen LogP contribution >= 0.6 is 11.8 Å². The number of hydrogen-bond acceptors (Lipinski definition) is 6. The number of nitrogens with one attached hydrogen (secondary N) is 2. The van der Waals surface area contributed by atoms with E-state index in [0.717, 1.165) is 11.1 Å². The van der Waals surface area contributed by atoms with Crippen LogP contribution < -0.4 is 10.6 Å². The van der Waals surface area contributed by atoms with Gasteiger partial charge in [-0.25, -0.2) is 0 Å². The molecule has 216 valence electrons. The molecule has 0 saturated carbocycles. The van der Waals surface area contributed by atoms with Crippen molar-refractivity contribution in [1.82, 2.24) is 20.5 Å². The standard InChI is InChI=1S/C23H27N3O3S.C9H11NO/c1-23(2)15-26(16-30-23)22(29)21(28)19(13-17-7-4-3-5-8-17)25-20(27)11-10-18-9-6-12-24-14-18;1-8-4-2-3-5-9(8)6-10-7-11/h3-12,14,19,21,28H,13,15-16H2,1-2H3,(H,25,27);2-5,7H,6H2,1H3,(H,10,11)/b11-10+;/t19-,21-;/m0./s1. The van der Waals surface area contributed by atoms with Gasteiger partial charge in [-0.1, -0.05) is 60.7 Å². The SMILES string of the molecule is CC1(C)CN(C(=O)[C@@H](O)[C@H](Cc2ccccc2)NC(=O)/C=C/c2cccnc2)CS1.Cc1ccccc1CNC=O. The number of aromatic nitrogens is 1. The van der Waals surface area contributed by atoms with E-state index in [-0.39, 0.29) is 16.6 Å². The molecule has 1 aliphatic heterocycles. The Hall–Kier alpha value is -3.95. The molecule has 0 unspecified atom stereocenters. The lowest BCUT2D eigenvalue weighted by atomic mass is 10.00. The van der Waals surface area contributed by atoms with Gasteiger partial charge in [0.15, 0.2) is 6.10 Å². The lowest BCUT2D eigenvalue weighted by Crippen LogP contribution is -2.52. The number of rotatable bonds is 10. The third kappa shape index (κ3) is 10.5. The van der Waals surface area contributed by atoms with Gasteiger partial charge < -0.3 is 20.6 Å². The summed E-state index contributed by atoms with van der Waals surface area (Å²) in [5.41, 5.74) is 4.10. The summed E-state index contributed by atoms with van der Waals surface area (Å²) in [6, 6.07) is 20.4. The smallest absolute Gasteiger partial charge is 0.254 e. The summed E-state index contributed by atoms with van der Waals surface area (Å²) in [5, 5.41) is 16.3. The molecule has 0 bridgehead atoms. The van der Waals surface area contributed by atoms with E-state index in [0.29, 0.717) is 31.8 Å². The lowest BCUT2D eigenvalue weighted by Gasteiger charge is -2.27. The summed E-state index contributed by atoms with van der Waals surface area (Å²) in [6.45, 7) is 7.37. The topological polar surface area (TPSA) is 112 Å². The summed E-state index contributed by atoms with van der Waals surface area (Å²) in [7, 11) is 0. The van der Waals surface area contributed by atoms with Gasteiger partial charge in [0.1, 0.15) is 0 Å². The quantitative estimate of drug-likeness (QED) is 0.251. The molecule has 2 aromatic carbocycles. The molecule has 4 rings (SSSR count). The Balaban J connectivity index is 0.000000352. The highest BCUT2D eigenvalue weighted by molar-refractivity contribution is 8.00. The summed E-state index contributed by atoms with van der Waals surface area (Å²) >= 11 is 1.68. The number of carbonyl (C=O) groups excluding carboxylic acids is 3. The van der Waals surface area contributed by atoms with Crippen LogP contribution in [0.5, 0.6) is 0 Å². The Bertz CT molecular complexity index is 1300. The van der Waals surface area contributed by atoms with Crippen LogP contribution in [0.3, 0.4) is 0 Å². The molecule has 1 saturated heterocycles. The number of aliphatic hydroxyl groups excluding tert-OH is 1. The van der Waals surface area contributed by atoms with E-state index in [1.165, 1.54) is 17.2 Å². The number of nitrogens with zero attached hydrogens (tertiary/aromatic N) is 2. The number of aliphatic hydroxyl groups is 1. The minimum absolute atomic E-state index is 0.0417. The predicted molar refractivity (Wildman–Crippen MR) is 164 cm³/mol. The Kier molecular flexibility index (Phi) is 12.1. The van der Waals surface area contributed by atoms with Gasteiger partial charge in [0.2, 0.25) is 12.3 Å². The molecule has 8 nitrogen and oxygen atoms in total. The van der Waals surface area contributed by atoms with Crippen molar-refractivity contribution in [3.05, 3.63) is 107 Å². The summed E-state index contributed by atoms with van der Waals surface area (Å²) in [6.07, 6.45) is 6.09. The van der Waals surface area contributed by atoms with Gasteiger partial charge in [-0.2, -0.15) is 0 Å². The van der Waals surface area contributed by atoms with Crippen molar-refractivity contribution >= 4 is 36.1 Å². The minimum atomic E-state index is -1.32. The maximum absolute atomic E-state index is 12.9. The molecule has 3 aromatic rings. The van der Waals surface area contributed by atoms with E-state index in [9.17, 15) is 19.5 Å². The van der Waals surface area contributed by atoms with Crippen LogP contribution in [0, 0.1) is 6.92 Å². The number of benzene rings is 2. The van der Waals surface area contributed by atoms with Crippen LogP contribution in [0.25, 0.3) is 6.08 Å². The molecule has 0 spiro atoms. The number of carbonyl (C=O) groups is 3. The Labute approximate surface area is 246 Å². The highest BCUT2D eigenvalue weighted by Gasteiger charge is 2.38. The first-order chi connectivity index (χ1) is 19.7. The fraction of sp³-hybridized carbons (Fsp3) is 0.312. The molecule has 1 aromatic heterocycles. The number of aryl methyl sites for hydroxylation is 1. The molecule has 2 heterocycles. The average Bonchev–Trinajstić information content (AvgIpc) is 3.35. The number of pyridine rings is 1. The fourth-order valence-corrected chi connectivity index (χ4v) is 5.22. The molecule has 41 heavy (non-hydrogen) atoms. The Morgan fingerprint density at radius 3 is 2.46 bits per heavy atom. The zero-order valence-electron chi connectivity index (χ0n) is 23.7. The van der Waals surface area contributed by atoms with Crippen molar-refractivity contribution in [2.24, 2.45) is 0 Å². The van der Waals surface area contributed by atoms with E-state index in [1.807, 2.05) is 67.6 Å². The second-order valence-electron chi connectivity index (χ2n) is 10.4. The zero-order valence-corrected chi connectivity index (χ0v) is 24.5. The van der Waals surface area contributed by atoms with Gasteiger partial charge in [0.25, 0.3) is 5.91 Å². The summed E-state index contributed by atoms with van der Waals surface area (Å²) in [5.74, 6) is -0.191. The van der Waals surface area contributed by atoms with Crippen LogP contribution in [0.1, 0.15) is 36.1 Å². The Morgan fingerprint density at radius 1 is 1.10 bits per heavy atom. The van der Waals surface area contributed by atoms with Crippen molar-refractivity contribution in [1.29, 1.82) is 0 Å².